The Morgan fingerprint density at radius 1 is 0.838 bits per heavy atom. The van der Waals surface area contributed by atoms with Crippen LogP contribution in [0.2, 0.25) is 0 Å². The Balaban J connectivity index is 1.31. The van der Waals surface area contributed by atoms with Gasteiger partial charge in [-0.25, -0.2) is 0 Å². The minimum absolute atomic E-state index is 0.0447. The van der Waals surface area contributed by atoms with Gasteiger partial charge in [0, 0.05) is 68.3 Å². The van der Waals surface area contributed by atoms with E-state index >= 15 is 0 Å². The number of rotatable bonds is 15. The summed E-state index contributed by atoms with van der Waals surface area (Å²) < 4.78 is 0. The molecule has 2 saturated heterocycles. The minimum Gasteiger partial charge on any atom is -0.370 e. The lowest BCUT2D eigenvalue weighted by molar-refractivity contribution is -0.143. The first-order chi connectivity index (χ1) is 32.7. The summed E-state index contributed by atoms with van der Waals surface area (Å²) in [5.41, 5.74) is 13.7. The topological polar surface area (TPSA) is 263 Å². The third-order valence-electron chi connectivity index (χ3n) is 13.5. The quantitative estimate of drug-likeness (QED) is 0.0630. The van der Waals surface area contributed by atoms with E-state index in [-0.39, 0.29) is 100.0 Å². The molecule has 10 N–H and O–H groups in total. The van der Waals surface area contributed by atoms with Gasteiger partial charge < -0.3 is 47.9 Å². The number of nitrogens with two attached hydrogens (primary N) is 2. The third-order valence-corrected chi connectivity index (χ3v) is 13.5. The predicted molar refractivity (Wildman–Crippen MR) is 261 cm³/mol. The lowest BCUT2D eigenvalue weighted by Gasteiger charge is -2.32. The number of benzene rings is 2. The number of carbonyl (C=O) groups is 7. The highest BCUT2D eigenvalue weighted by Crippen LogP contribution is 2.29. The molecular weight excluding hydrogens is 865 g/mol. The number of carbonyl (C=O) groups excluding carboxylic acids is 7. The summed E-state index contributed by atoms with van der Waals surface area (Å²) in [6.07, 6.45) is 9.30. The number of ketones is 1. The van der Waals surface area contributed by atoms with Gasteiger partial charge in [0.05, 0.1) is 6.04 Å². The van der Waals surface area contributed by atoms with Crippen LogP contribution in [0.15, 0.2) is 65.8 Å². The number of para-hydroxylation sites is 1. The number of aliphatic imine (C=N–C) groups is 1. The maximum atomic E-state index is 14.8. The molecule has 6 rings (SSSR count). The summed E-state index contributed by atoms with van der Waals surface area (Å²) in [6.45, 7) is 4.42. The molecule has 3 aromatic rings. The number of hydrogen-bond acceptors (Lipinski definition) is 8. The number of aromatic nitrogens is 1. The Labute approximate surface area is 399 Å². The lowest BCUT2D eigenvalue weighted by Crippen LogP contribution is -2.59. The molecule has 0 unspecified atom stereocenters. The normalized spacial score (nSPS) is 23.1. The van der Waals surface area contributed by atoms with Gasteiger partial charge in [-0.3, -0.25) is 38.6 Å². The van der Waals surface area contributed by atoms with Crippen LogP contribution in [0, 0.1) is 17.8 Å². The minimum atomic E-state index is -1.12. The Morgan fingerprint density at radius 2 is 1.57 bits per heavy atom. The van der Waals surface area contributed by atoms with E-state index < -0.39 is 59.8 Å². The number of guanidine groups is 1. The van der Waals surface area contributed by atoms with Crippen molar-refractivity contribution >= 4 is 58.1 Å². The molecule has 17 heteroatoms. The first-order valence-electron chi connectivity index (χ1n) is 24.7. The summed E-state index contributed by atoms with van der Waals surface area (Å²) in [5.74, 6) is -3.73. The van der Waals surface area contributed by atoms with E-state index in [0.29, 0.717) is 25.7 Å². The van der Waals surface area contributed by atoms with Crippen molar-refractivity contribution in [2.75, 3.05) is 19.6 Å². The molecular formula is C51H72N10O7. The molecule has 6 amide bonds. The van der Waals surface area contributed by atoms with Gasteiger partial charge in [0.1, 0.15) is 24.2 Å². The average Bonchev–Trinajstić information content (AvgIpc) is 3.98. The molecule has 17 nitrogen and oxygen atoms in total. The van der Waals surface area contributed by atoms with Crippen molar-refractivity contribution < 1.29 is 33.6 Å². The highest BCUT2D eigenvalue weighted by Gasteiger charge is 2.41. The zero-order valence-corrected chi connectivity index (χ0v) is 39.7. The molecule has 1 saturated carbocycles. The zero-order chi connectivity index (χ0) is 48.6. The Hall–Kier alpha value is -6.26. The van der Waals surface area contributed by atoms with Crippen LogP contribution in [-0.4, -0.2) is 107 Å². The van der Waals surface area contributed by atoms with Crippen LogP contribution in [0.25, 0.3) is 10.9 Å². The fraction of sp³-hybridized carbons (Fsp3) is 0.569. The molecule has 3 heterocycles. The number of nitrogens with one attached hydrogen (secondary N) is 6. The van der Waals surface area contributed by atoms with Crippen LogP contribution >= 0.6 is 0 Å². The van der Waals surface area contributed by atoms with Gasteiger partial charge in [-0.15, -0.1) is 0 Å². The number of amides is 6. The van der Waals surface area contributed by atoms with E-state index in [4.69, 9.17) is 11.5 Å². The van der Waals surface area contributed by atoms with Gasteiger partial charge >= 0.3 is 0 Å². The number of aromatic amines is 1. The summed E-state index contributed by atoms with van der Waals surface area (Å²) in [7, 11) is 0. The molecule has 2 aromatic carbocycles. The molecule has 68 heavy (non-hydrogen) atoms. The van der Waals surface area contributed by atoms with Gasteiger partial charge in [-0.1, -0.05) is 94.5 Å². The Kier molecular flexibility index (Phi) is 19.0. The lowest BCUT2D eigenvalue weighted by atomic mass is 9.84. The van der Waals surface area contributed by atoms with E-state index in [1.807, 2.05) is 74.6 Å². The van der Waals surface area contributed by atoms with Crippen LogP contribution in [0.4, 0.5) is 0 Å². The molecule has 368 valence electrons. The van der Waals surface area contributed by atoms with Crippen molar-refractivity contribution in [3.8, 4) is 0 Å². The molecule has 6 atom stereocenters. The molecule has 3 fully saturated rings. The molecule has 3 aliphatic rings. The van der Waals surface area contributed by atoms with Crippen LogP contribution in [0.1, 0.15) is 115 Å². The van der Waals surface area contributed by atoms with Crippen molar-refractivity contribution in [3.05, 3.63) is 71.9 Å². The van der Waals surface area contributed by atoms with Gasteiger partial charge in [-0.2, -0.15) is 0 Å². The smallest absolute Gasteiger partial charge is 0.245 e. The van der Waals surface area contributed by atoms with Crippen molar-refractivity contribution in [2.24, 2.45) is 34.2 Å². The number of nitrogens with zero attached hydrogens (tertiary/aromatic N) is 2. The second-order valence-electron chi connectivity index (χ2n) is 19.3. The largest absolute Gasteiger partial charge is 0.370 e. The van der Waals surface area contributed by atoms with Gasteiger partial charge in [0.25, 0.3) is 0 Å². The first kappa shape index (κ1) is 51.1. The van der Waals surface area contributed by atoms with Crippen LogP contribution in [0.3, 0.4) is 0 Å². The number of Topliss-reactive ketones (excluding diaryl/α,β-unsaturated/α-hetero) is 1. The number of H-pyrrole nitrogens is 1. The summed E-state index contributed by atoms with van der Waals surface area (Å²) >= 11 is 0. The number of hydrogen-bond donors (Lipinski definition) is 8. The fourth-order valence-electron chi connectivity index (χ4n) is 9.93. The van der Waals surface area contributed by atoms with E-state index in [9.17, 15) is 33.6 Å². The van der Waals surface area contributed by atoms with Gasteiger partial charge in [0.2, 0.25) is 35.4 Å². The van der Waals surface area contributed by atoms with Crippen molar-refractivity contribution in [2.45, 2.75) is 147 Å². The van der Waals surface area contributed by atoms with Gasteiger partial charge in [0.15, 0.2) is 11.7 Å². The van der Waals surface area contributed by atoms with Crippen LogP contribution < -0.4 is 38.1 Å². The maximum absolute atomic E-state index is 14.8. The van der Waals surface area contributed by atoms with Crippen LogP contribution in [-0.2, 0) is 46.4 Å². The monoisotopic (exact) mass is 937 g/mol. The van der Waals surface area contributed by atoms with Crippen LogP contribution in [0.5, 0.6) is 0 Å². The number of fused-ring (bicyclic) bond motifs is 2. The van der Waals surface area contributed by atoms with Crippen molar-refractivity contribution in [1.29, 1.82) is 0 Å². The highest BCUT2D eigenvalue weighted by molar-refractivity contribution is 5.98. The predicted octanol–water partition coefficient (Wildman–Crippen LogP) is 3.44. The molecule has 0 bridgehead atoms. The second-order valence-corrected chi connectivity index (χ2v) is 19.3. The first-order valence-corrected chi connectivity index (χ1v) is 24.7. The summed E-state index contributed by atoms with van der Waals surface area (Å²) in [6, 6.07) is 11.9. The van der Waals surface area contributed by atoms with Crippen molar-refractivity contribution in [1.82, 2.24) is 36.5 Å². The SMILES string of the molecule is CC(C)CC(=O)N[C@@H](Cc1ccccc1)C(=O)N[C@H]1CCCNC(=O)[C@H](CCCN=C(N)N)CC(=O)[C@H](Cc2c[nH]c3ccccc23)NC(=O)[C@@H](CC2CCCCC2)NC(=O)[C@@H]2CCCN2C1=O. The van der Waals surface area contributed by atoms with E-state index in [1.165, 1.54) is 4.90 Å². The Morgan fingerprint density at radius 3 is 2.32 bits per heavy atom. The fourth-order valence-corrected chi connectivity index (χ4v) is 9.93. The summed E-state index contributed by atoms with van der Waals surface area (Å²) in [4.78, 5) is 109. The molecule has 1 aromatic heterocycles. The molecule has 0 spiro atoms. The standard InChI is InChI=1S/C51H72N10O7/c1-32(2)26-45(63)57-41(27-33-14-5-3-6-15-33)47(65)58-39-21-12-23-54-46(64)35(18-11-24-55-51(52)53)30-44(62)40(29-36-31-56-38-20-10-9-19-37(36)38)59-48(66)42(28-34-16-7-4-8-17-34)60-49(67)43-22-13-25-61(43)50(39)68/h3,5-6,9-10,14-15,19-20,31-32,34-35,39-43,56H,4,7-8,11-13,16-18,21-30H2,1-2H3,(H,54,64)(H,57,63)(H,58,65)(H,59,66)(H,60,67)(H4,52,53,55)/t35-,39+,40+,41+,42-,43+/m1/s1. The molecule has 0 radical (unpaired) electrons. The van der Waals surface area contributed by atoms with E-state index in [2.05, 4.69) is 36.6 Å². The van der Waals surface area contributed by atoms with Gasteiger partial charge in [-0.05, 0) is 74.0 Å². The van der Waals surface area contributed by atoms with E-state index in [0.717, 1.165) is 54.1 Å². The van der Waals surface area contributed by atoms with E-state index in [1.54, 1.807) is 0 Å². The molecule has 2 aliphatic heterocycles. The van der Waals surface area contributed by atoms with Crippen molar-refractivity contribution in [3.63, 3.8) is 0 Å². The molecule has 1 aliphatic carbocycles. The maximum Gasteiger partial charge on any atom is 0.245 e. The second kappa shape index (κ2) is 25.2. The third kappa shape index (κ3) is 14.9. The average molecular weight is 937 g/mol. The highest BCUT2D eigenvalue weighted by atomic mass is 16.2. The zero-order valence-electron chi connectivity index (χ0n) is 39.7. The Bertz CT molecular complexity index is 2240. The summed E-state index contributed by atoms with van der Waals surface area (Å²) in [5, 5.41) is 15.8.